The van der Waals surface area contributed by atoms with Gasteiger partial charge < -0.3 is 4.57 Å². The molecule has 7 nitrogen and oxygen atoms in total. The predicted octanol–water partition coefficient (Wildman–Crippen LogP) is 4.04. The molecule has 28 heavy (non-hydrogen) atoms. The number of nitro groups is 1. The second-order valence-corrected chi connectivity index (χ2v) is 6.50. The Morgan fingerprint density at radius 2 is 2.04 bits per heavy atom. The lowest BCUT2D eigenvalue weighted by molar-refractivity contribution is -0.385. The van der Waals surface area contributed by atoms with Gasteiger partial charge in [0.05, 0.1) is 23.3 Å². The summed E-state index contributed by atoms with van der Waals surface area (Å²) in [6.07, 6.45) is 3.23. The summed E-state index contributed by atoms with van der Waals surface area (Å²) in [7, 11) is 0. The number of para-hydroxylation sites is 1. The number of amides is 1. The number of aryl methyl sites for hydroxylation is 1. The van der Waals surface area contributed by atoms with Crippen LogP contribution in [0.5, 0.6) is 0 Å². The molecular weight excluding hydrogens is 380 g/mol. The molecule has 0 unspecified atom stereocenters. The number of hydrogen-bond acceptors (Lipinski definition) is 4. The van der Waals surface area contributed by atoms with E-state index in [0.29, 0.717) is 10.6 Å². The number of hydrogen-bond donors (Lipinski definition) is 1. The highest BCUT2D eigenvalue weighted by molar-refractivity contribution is 6.31. The van der Waals surface area contributed by atoms with Gasteiger partial charge in [-0.25, -0.2) is 5.43 Å². The Morgan fingerprint density at radius 1 is 1.25 bits per heavy atom. The lowest BCUT2D eigenvalue weighted by Crippen LogP contribution is -2.20. The van der Waals surface area contributed by atoms with Gasteiger partial charge in [-0.3, -0.25) is 14.9 Å². The Labute approximate surface area is 166 Å². The number of nitro benzene ring substituents is 1. The van der Waals surface area contributed by atoms with Crippen LogP contribution < -0.4 is 5.43 Å². The zero-order chi connectivity index (χ0) is 20.1. The average Bonchev–Trinajstić information content (AvgIpc) is 3.13. The van der Waals surface area contributed by atoms with Crippen LogP contribution in [-0.4, -0.2) is 21.6 Å². The van der Waals surface area contributed by atoms with E-state index >= 15 is 0 Å². The molecule has 3 rings (SSSR count). The van der Waals surface area contributed by atoms with E-state index in [1.54, 1.807) is 18.2 Å². The molecule has 0 saturated carbocycles. The Kier molecular flexibility index (Phi) is 5.86. The topological polar surface area (TPSA) is 89.5 Å². The summed E-state index contributed by atoms with van der Waals surface area (Å²) < 4.78 is 1.88. The predicted molar refractivity (Wildman–Crippen MR) is 108 cm³/mol. The first-order valence-corrected chi connectivity index (χ1v) is 8.81. The van der Waals surface area contributed by atoms with E-state index in [1.807, 2.05) is 48.0 Å². The van der Waals surface area contributed by atoms with E-state index < -0.39 is 10.8 Å². The third-order valence-corrected chi connectivity index (χ3v) is 4.55. The third-order valence-electron chi connectivity index (χ3n) is 4.14. The van der Waals surface area contributed by atoms with Gasteiger partial charge in [-0.1, -0.05) is 35.9 Å². The third kappa shape index (κ3) is 4.44. The molecule has 0 fully saturated rings. The second kappa shape index (κ2) is 8.49. The van der Waals surface area contributed by atoms with Crippen molar-refractivity contribution in [2.24, 2.45) is 5.10 Å². The minimum absolute atomic E-state index is 0.0910. The first-order chi connectivity index (χ1) is 13.5. The fourth-order valence-electron chi connectivity index (χ4n) is 2.69. The van der Waals surface area contributed by atoms with Crippen molar-refractivity contribution in [1.29, 1.82) is 0 Å². The minimum Gasteiger partial charge on any atom is -0.316 e. The molecule has 0 spiro atoms. The molecule has 142 valence electrons. The van der Waals surface area contributed by atoms with Crippen LogP contribution in [0.3, 0.4) is 0 Å². The van der Waals surface area contributed by atoms with Crippen molar-refractivity contribution >= 4 is 29.4 Å². The van der Waals surface area contributed by atoms with Crippen molar-refractivity contribution in [3.63, 3.8) is 0 Å². The molecule has 0 aliphatic heterocycles. The summed E-state index contributed by atoms with van der Waals surface area (Å²) in [5.74, 6) is -0.443. The van der Waals surface area contributed by atoms with Gasteiger partial charge in [0.2, 0.25) is 5.91 Å². The van der Waals surface area contributed by atoms with Gasteiger partial charge in [0.25, 0.3) is 5.69 Å². The van der Waals surface area contributed by atoms with Gasteiger partial charge in [0.1, 0.15) is 0 Å². The SMILES string of the molecule is Cc1ccc(-n2cccc2C=NNC(=O)Cc2ccccc2[N+](=O)[O-])cc1Cl. The van der Waals surface area contributed by atoms with Crippen LogP contribution in [-0.2, 0) is 11.2 Å². The van der Waals surface area contributed by atoms with Crippen LogP contribution in [0, 0.1) is 17.0 Å². The quantitative estimate of drug-likeness (QED) is 0.387. The van der Waals surface area contributed by atoms with Crippen molar-refractivity contribution in [3.8, 4) is 5.69 Å². The standard InChI is InChI=1S/C20H17ClN4O3/c1-14-8-9-16(12-18(14)21)24-10-4-6-17(24)13-22-23-20(26)11-15-5-2-3-7-19(15)25(27)28/h2-10,12-13H,11H2,1H3,(H,23,26). The first kappa shape index (κ1) is 19.3. The minimum atomic E-state index is -0.508. The lowest BCUT2D eigenvalue weighted by atomic mass is 10.1. The van der Waals surface area contributed by atoms with Crippen LogP contribution in [0.4, 0.5) is 5.69 Å². The Bertz CT molecular complexity index is 1060. The zero-order valence-electron chi connectivity index (χ0n) is 15.0. The summed E-state index contributed by atoms with van der Waals surface area (Å²) in [6.45, 7) is 1.93. The number of aromatic nitrogens is 1. The number of rotatable bonds is 6. The number of nitrogens with zero attached hydrogens (tertiary/aromatic N) is 3. The number of halogens is 1. The molecule has 3 aromatic rings. The molecule has 0 saturated heterocycles. The van der Waals surface area contributed by atoms with Gasteiger partial charge in [0, 0.05) is 28.5 Å². The van der Waals surface area contributed by atoms with E-state index in [-0.39, 0.29) is 12.1 Å². The molecule has 0 aliphatic carbocycles. The highest BCUT2D eigenvalue weighted by Crippen LogP contribution is 2.21. The Hall–Kier alpha value is -3.45. The van der Waals surface area contributed by atoms with E-state index in [9.17, 15) is 14.9 Å². The van der Waals surface area contributed by atoms with Crippen LogP contribution in [0.25, 0.3) is 5.69 Å². The fourth-order valence-corrected chi connectivity index (χ4v) is 2.86. The van der Waals surface area contributed by atoms with E-state index in [1.165, 1.54) is 12.3 Å². The molecule has 1 heterocycles. The van der Waals surface area contributed by atoms with Gasteiger partial charge in [-0.05, 0) is 36.8 Å². The summed E-state index contributed by atoms with van der Waals surface area (Å²) in [6, 6.07) is 15.5. The number of carbonyl (C=O) groups is 1. The molecule has 2 aromatic carbocycles. The van der Waals surface area contributed by atoms with Gasteiger partial charge in [-0.15, -0.1) is 0 Å². The normalized spacial score (nSPS) is 10.9. The maximum absolute atomic E-state index is 12.1. The monoisotopic (exact) mass is 396 g/mol. The highest BCUT2D eigenvalue weighted by atomic mass is 35.5. The lowest BCUT2D eigenvalue weighted by Gasteiger charge is -2.08. The molecule has 1 N–H and O–H groups in total. The fraction of sp³-hybridized carbons (Fsp3) is 0.100. The van der Waals surface area contributed by atoms with Crippen molar-refractivity contribution in [2.45, 2.75) is 13.3 Å². The summed E-state index contributed by atoms with van der Waals surface area (Å²) in [5.41, 5.74) is 5.24. The van der Waals surface area contributed by atoms with Crippen molar-refractivity contribution in [2.75, 3.05) is 0 Å². The summed E-state index contributed by atoms with van der Waals surface area (Å²) in [5, 5.41) is 15.6. The maximum atomic E-state index is 12.1. The molecule has 0 atom stereocenters. The largest absolute Gasteiger partial charge is 0.316 e. The zero-order valence-corrected chi connectivity index (χ0v) is 15.8. The Morgan fingerprint density at radius 3 is 2.79 bits per heavy atom. The summed E-state index contributed by atoms with van der Waals surface area (Å²) >= 11 is 6.19. The number of hydrazone groups is 1. The van der Waals surface area contributed by atoms with Crippen molar-refractivity contribution in [1.82, 2.24) is 9.99 Å². The van der Waals surface area contributed by atoms with E-state index in [4.69, 9.17) is 11.6 Å². The van der Waals surface area contributed by atoms with Crippen molar-refractivity contribution in [3.05, 3.63) is 92.8 Å². The first-order valence-electron chi connectivity index (χ1n) is 8.44. The molecule has 8 heteroatoms. The molecule has 0 bridgehead atoms. The number of carbonyl (C=O) groups excluding carboxylic acids is 1. The second-order valence-electron chi connectivity index (χ2n) is 6.09. The highest BCUT2D eigenvalue weighted by Gasteiger charge is 2.15. The van der Waals surface area contributed by atoms with Gasteiger partial charge in [-0.2, -0.15) is 5.10 Å². The Balaban J connectivity index is 1.69. The van der Waals surface area contributed by atoms with Gasteiger partial charge in [0.15, 0.2) is 0 Å². The van der Waals surface area contributed by atoms with Crippen LogP contribution in [0.15, 0.2) is 65.9 Å². The molecular formula is C20H17ClN4O3. The number of nitrogens with one attached hydrogen (secondary N) is 1. The smallest absolute Gasteiger partial charge is 0.273 e. The van der Waals surface area contributed by atoms with E-state index in [2.05, 4.69) is 10.5 Å². The average molecular weight is 397 g/mol. The van der Waals surface area contributed by atoms with Crippen molar-refractivity contribution < 1.29 is 9.72 Å². The molecule has 0 aliphatic rings. The van der Waals surface area contributed by atoms with Gasteiger partial charge >= 0.3 is 0 Å². The summed E-state index contributed by atoms with van der Waals surface area (Å²) in [4.78, 5) is 22.6. The molecule has 0 radical (unpaired) electrons. The van der Waals surface area contributed by atoms with Crippen LogP contribution in [0.1, 0.15) is 16.8 Å². The van der Waals surface area contributed by atoms with Crippen LogP contribution >= 0.6 is 11.6 Å². The maximum Gasteiger partial charge on any atom is 0.273 e. The molecule has 1 amide bonds. The van der Waals surface area contributed by atoms with E-state index in [0.717, 1.165) is 16.9 Å². The molecule has 1 aromatic heterocycles. The number of benzene rings is 2. The van der Waals surface area contributed by atoms with Crippen LogP contribution in [0.2, 0.25) is 5.02 Å².